The van der Waals surface area contributed by atoms with Gasteiger partial charge in [0, 0.05) is 23.2 Å². The van der Waals surface area contributed by atoms with E-state index in [1.165, 1.54) is 4.88 Å². The predicted molar refractivity (Wildman–Crippen MR) is 108 cm³/mol. The van der Waals surface area contributed by atoms with E-state index in [2.05, 4.69) is 16.4 Å². The molecule has 2 amide bonds. The van der Waals surface area contributed by atoms with Gasteiger partial charge < -0.3 is 14.8 Å². The lowest BCUT2D eigenvalue weighted by Crippen LogP contribution is -2.46. The van der Waals surface area contributed by atoms with Crippen molar-refractivity contribution >= 4 is 23.2 Å². The van der Waals surface area contributed by atoms with Crippen LogP contribution in [0.2, 0.25) is 0 Å². The van der Waals surface area contributed by atoms with E-state index in [9.17, 15) is 9.59 Å². The average molecular weight is 405 g/mol. The number of nitriles is 1. The fourth-order valence-corrected chi connectivity index (χ4v) is 4.15. The fraction of sp³-hybridized carbons (Fsp3) is 0.238. The molecular formula is C21H19N5O2S. The van der Waals surface area contributed by atoms with E-state index in [0.29, 0.717) is 24.2 Å². The molecule has 1 aliphatic rings. The number of fused-ring (bicyclic) bond motifs is 1. The molecular weight excluding hydrogens is 386 g/mol. The van der Waals surface area contributed by atoms with Crippen LogP contribution in [0.3, 0.4) is 0 Å². The quantitative estimate of drug-likeness (QED) is 0.706. The Morgan fingerprint density at radius 1 is 1.31 bits per heavy atom. The number of benzene rings is 1. The number of carbonyl (C=O) groups is 2. The van der Waals surface area contributed by atoms with Crippen LogP contribution in [0.5, 0.6) is 0 Å². The lowest BCUT2D eigenvalue weighted by atomic mass is 10.1. The number of nitrogens with one attached hydrogen (secondary N) is 1. The molecule has 0 saturated carbocycles. The minimum Gasteiger partial charge on any atom is -0.354 e. The normalized spacial score (nSPS) is 15.4. The first kappa shape index (κ1) is 18.9. The fourth-order valence-electron chi connectivity index (χ4n) is 3.44. The molecule has 0 bridgehead atoms. The zero-order valence-electron chi connectivity index (χ0n) is 15.6. The summed E-state index contributed by atoms with van der Waals surface area (Å²) < 4.78 is 1.83. The second-order valence-corrected chi connectivity index (χ2v) is 7.84. The topological polar surface area (TPSA) is 91.0 Å². The van der Waals surface area contributed by atoms with Crippen LogP contribution in [0.25, 0.3) is 0 Å². The van der Waals surface area contributed by atoms with Crippen molar-refractivity contribution in [3.8, 4) is 6.07 Å². The summed E-state index contributed by atoms with van der Waals surface area (Å²) in [4.78, 5) is 32.9. The predicted octanol–water partition coefficient (Wildman–Crippen LogP) is 2.37. The molecule has 1 unspecified atom stereocenters. The molecule has 2 aromatic heterocycles. The van der Waals surface area contributed by atoms with Gasteiger partial charge in [0.05, 0.1) is 36.7 Å². The van der Waals surface area contributed by atoms with E-state index >= 15 is 0 Å². The molecule has 0 aliphatic carbocycles. The Kier molecular flexibility index (Phi) is 5.40. The van der Waals surface area contributed by atoms with E-state index in [1.54, 1.807) is 53.0 Å². The highest BCUT2D eigenvalue weighted by Gasteiger charge is 2.32. The first-order chi connectivity index (χ1) is 14.2. The maximum absolute atomic E-state index is 13.0. The number of carbonyl (C=O) groups excluding carboxylic acids is 2. The van der Waals surface area contributed by atoms with E-state index in [0.717, 1.165) is 12.1 Å². The molecule has 1 N–H and O–H groups in total. The molecule has 1 aliphatic heterocycles. The van der Waals surface area contributed by atoms with Gasteiger partial charge in [-0.15, -0.1) is 11.3 Å². The Balaban J connectivity index is 1.48. The Bertz CT molecular complexity index is 1070. The molecule has 1 atom stereocenters. The van der Waals surface area contributed by atoms with Crippen molar-refractivity contribution in [3.05, 3.63) is 76.0 Å². The first-order valence-electron chi connectivity index (χ1n) is 9.26. The third-order valence-corrected chi connectivity index (χ3v) is 5.84. The van der Waals surface area contributed by atoms with Gasteiger partial charge in [-0.1, -0.05) is 12.1 Å². The van der Waals surface area contributed by atoms with Gasteiger partial charge in [0.2, 0.25) is 5.91 Å². The largest absolute Gasteiger partial charge is 0.354 e. The molecule has 0 fully saturated rings. The number of nitrogens with zero attached hydrogens (tertiary/aromatic N) is 4. The van der Waals surface area contributed by atoms with Gasteiger partial charge in [-0.2, -0.15) is 5.26 Å². The Morgan fingerprint density at radius 2 is 2.21 bits per heavy atom. The first-order valence-corrected chi connectivity index (χ1v) is 10.1. The molecule has 7 nitrogen and oxygen atoms in total. The monoisotopic (exact) mass is 405 g/mol. The van der Waals surface area contributed by atoms with Crippen molar-refractivity contribution in [2.75, 3.05) is 13.1 Å². The lowest BCUT2D eigenvalue weighted by Gasteiger charge is -2.33. The van der Waals surface area contributed by atoms with Gasteiger partial charge in [-0.3, -0.25) is 9.59 Å². The number of hydrogen-bond acceptors (Lipinski definition) is 5. The minimum absolute atomic E-state index is 0.135. The molecule has 0 spiro atoms. The van der Waals surface area contributed by atoms with Gasteiger partial charge >= 0.3 is 0 Å². The van der Waals surface area contributed by atoms with Crippen molar-refractivity contribution < 1.29 is 9.59 Å². The van der Waals surface area contributed by atoms with E-state index in [1.807, 2.05) is 22.1 Å². The Hall–Kier alpha value is -3.44. The summed E-state index contributed by atoms with van der Waals surface area (Å²) in [5, 5.41) is 14.1. The number of aromatic nitrogens is 2. The summed E-state index contributed by atoms with van der Waals surface area (Å²) in [6.07, 6.45) is 4.09. The minimum atomic E-state index is -0.535. The van der Waals surface area contributed by atoms with E-state index in [4.69, 9.17) is 5.26 Å². The maximum Gasteiger partial charge on any atom is 0.254 e. The van der Waals surface area contributed by atoms with E-state index < -0.39 is 6.04 Å². The molecule has 0 saturated heterocycles. The third kappa shape index (κ3) is 4.05. The lowest BCUT2D eigenvalue weighted by molar-refractivity contribution is -0.125. The molecule has 1 aromatic carbocycles. The molecule has 3 aromatic rings. The molecule has 29 heavy (non-hydrogen) atoms. The van der Waals surface area contributed by atoms with Crippen LogP contribution in [-0.2, 0) is 17.8 Å². The number of thiophene rings is 1. The molecule has 8 heteroatoms. The average Bonchev–Trinajstić information content (AvgIpc) is 3.44. The van der Waals surface area contributed by atoms with Crippen molar-refractivity contribution in [2.45, 2.75) is 19.0 Å². The number of imidazole rings is 1. The van der Waals surface area contributed by atoms with Crippen molar-refractivity contribution in [1.82, 2.24) is 19.8 Å². The van der Waals surface area contributed by atoms with Crippen LogP contribution < -0.4 is 5.32 Å². The van der Waals surface area contributed by atoms with Crippen molar-refractivity contribution in [2.24, 2.45) is 0 Å². The second-order valence-electron chi connectivity index (χ2n) is 6.81. The summed E-state index contributed by atoms with van der Waals surface area (Å²) in [7, 11) is 0. The standard InChI is InChI=1S/C21H19N5O2S/c22-10-15-3-1-4-16(9-15)21(28)25-12-17-11-23-14-26(17)19(13-25)20(27)24-7-6-18-5-2-8-29-18/h1-5,8-9,11,14,19H,6-7,12-13H2,(H,24,27). The Labute approximate surface area is 172 Å². The summed E-state index contributed by atoms with van der Waals surface area (Å²) in [5.74, 6) is -0.338. The van der Waals surface area contributed by atoms with Crippen LogP contribution in [0.15, 0.2) is 54.3 Å². The smallest absolute Gasteiger partial charge is 0.254 e. The number of amides is 2. The summed E-state index contributed by atoms with van der Waals surface area (Å²) in [6, 6.07) is 12.2. The van der Waals surface area contributed by atoms with Crippen LogP contribution in [0.1, 0.15) is 32.5 Å². The highest BCUT2D eigenvalue weighted by molar-refractivity contribution is 7.09. The van der Waals surface area contributed by atoms with Gasteiger partial charge in [0.25, 0.3) is 5.91 Å². The highest BCUT2D eigenvalue weighted by atomic mass is 32.1. The zero-order chi connectivity index (χ0) is 20.2. The summed E-state index contributed by atoms with van der Waals surface area (Å²) in [6.45, 7) is 1.16. The van der Waals surface area contributed by atoms with Gasteiger partial charge in [-0.25, -0.2) is 4.98 Å². The molecule has 3 heterocycles. The number of rotatable bonds is 5. The van der Waals surface area contributed by atoms with Crippen molar-refractivity contribution in [1.29, 1.82) is 5.26 Å². The zero-order valence-corrected chi connectivity index (χ0v) is 16.4. The van der Waals surface area contributed by atoms with Crippen LogP contribution in [-0.4, -0.2) is 39.4 Å². The van der Waals surface area contributed by atoms with Crippen LogP contribution in [0.4, 0.5) is 0 Å². The molecule has 4 rings (SSSR count). The van der Waals surface area contributed by atoms with Gasteiger partial charge in [0.15, 0.2) is 0 Å². The van der Waals surface area contributed by atoms with E-state index in [-0.39, 0.29) is 18.4 Å². The van der Waals surface area contributed by atoms with Gasteiger partial charge in [0.1, 0.15) is 6.04 Å². The van der Waals surface area contributed by atoms with Crippen molar-refractivity contribution in [3.63, 3.8) is 0 Å². The SMILES string of the molecule is N#Cc1cccc(C(=O)N2Cc3cncn3C(C(=O)NCCc3cccs3)C2)c1. The van der Waals surface area contributed by atoms with Crippen LogP contribution in [0, 0.1) is 11.3 Å². The summed E-state index contributed by atoms with van der Waals surface area (Å²) >= 11 is 1.66. The molecule has 146 valence electrons. The number of hydrogen-bond donors (Lipinski definition) is 1. The van der Waals surface area contributed by atoms with Crippen LogP contribution >= 0.6 is 11.3 Å². The highest BCUT2D eigenvalue weighted by Crippen LogP contribution is 2.23. The van der Waals surface area contributed by atoms with Gasteiger partial charge in [-0.05, 0) is 36.1 Å². The third-order valence-electron chi connectivity index (χ3n) is 4.91. The molecule has 0 radical (unpaired) electrons. The second kappa shape index (κ2) is 8.29. The maximum atomic E-state index is 13.0. The Morgan fingerprint density at radius 3 is 3.00 bits per heavy atom. The summed E-state index contributed by atoms with van der Waals surface area (Å²) in [5.41, 5.74) is 1.68.